The van der Waals surface area contributed by atoms with Crippen LogP contribution in [0.1, 0.15) is 19.4 Å². The van der Waals surface area contributed by atoms with E-state index in [0.29, 0.717) is 5.75 Å². The molecule has 132 valence electrons. The number of halogens is 1. The Morgan fingerprint density at radius 1 is 1.04 bits per heavy atom. The van der Waals surface area contributed by atoms with Crippen molar-refractivity contribution in [1.82, 2.24) is 5.43 Å². The molecule has 0 unspecified atom stereocenters. The van der Waals surface area contributed by atoms with E-state index in [0.717, 1.165) is 26.5 Å². The molecule has 1 amide bonds. The first-order valence-electron chi connectivity index (χ1n) is 8.28. The van der Waals surface area contributed by atoms with E-state index in [2.05, 4.69) is 26.5 Å². The van der Waals surface area contributed by atoms with Crippen molar-refractivity contribution in [2.24, 2.45) is 5.10 Å². The van der Waals surface area contributed by atoms with Crippen LogP contribution >= 0.6 is 15.9 Å². The van der Waals surface area contributed by atoms with Crippen LogP contribution in [0.25, 0.3) is 10.8 Å². The van der Waals surface area contributed by atoms with Gasteiger partial charge in [-0.15, -0.1) is 0 Å². The predicted molar refractivity (Wildman–Crippen MR) is 109 cm³/mol. The molecule has 3 aromatic rings. The number of nitrogens with one attached hydrogen (secondary N) is 1. The van der Waals surface area contributed by atoms with Gasteiger partial charge in [-0.2, -0.15) is 5.10 Å². The van der Waals surface area contributed by atoms with Gasteiger partial charge in [-0.1, -0.05) is 58.4 Å². The predicted octanol–water partition coefficient (Wildman–Crippen LogP) is 4.91. The summed E-state index contributed by atoms with van der Waals surface area (Å²) in [6.45, 7) is 3.55. The zero-order chi connectivity index (χ0) is 18.5. The van der Waals surface area contributed by atoms with Gasteiger partial charge in [0.05, 0.1) is 5.71 Å². The van der Waals surface area contributed by atoms with Crippen LogP contribution in [-0.2, 0) is 4.79 Å². The lowest BCUT2D eigenvalue weighted by Gasteiger charge is -2.14. The van der Waals surface area contributed by atoms with Crippen molar-refractivity contribution in [3.05, 3.63) is 76.8 Å². The minimum absolute atomic E-state index is 0.297. The highest BCUT2D eigenvalue weighted by Crippen LogP contribution is 2.21. The molecule has 0 saturated heterocycles. The van der Waals surface area contributed by atoms with Crippen LogP contribution < -0.4 is 10.2 Å². The van der Waals surface area contributed by atoms with Gasteiger partial charge in [0, 0.05) is 4.47 Å². The van der Waals surface area contributed by atoms with Gasteiger partial charge in [-0.3, -0.25) is 4.79 Å². The lowest BCUT2D eigenvalue weighted by atomic mass is 10.1. The molecule has 0 radical (unpaired) electrons. The molecule has 0 aliphatic rings. The van der Waals surface area contributed by atoms with E-state index in [9.17, 15) is 4.79 Å². The number of carbonyl (C=O) groups excluding carboxylic acids is 1. The van der Waals surface area contributed by atoms with Crippen LogP contribution in [0.3, 0.4) is 0 Å². The summed E-state index contributed by atoms with van der Waals surface area (Å²) in [6, 6.07) is 21.5. The van der Waals surface area contributed by atoms with Gasteiger partial charge in [0.25, 0.3) is 5.91 Å². The summed E-state index contributed by atoms with van der Waals surface area (Å²) in [5, 5.41) is 6.36. The Balaban J connectivity index is 1.63. The van der Waals surface area contributed by atoms with Crippen molar-refractivity contribution in [3.8, 4) is 5.75 Å². The van der Waals surface area contributed by atoms with Gasteiger partial charge in [0.15, 0.2) is 6.10 Å². The molecular formula is C21H19BrN2O2. The fourth-order valence-corrected chi connectivity index (χ4v) is 2.75. The van der Waals surface area contributed by atoms with Crippen molar-refractivity contribution in [2.75, 3.05) is 0 Å². The molecule has 0 aliphatic carbocycles. The van der Waals surface area contributed by atoms with E-state index >= 15 is 0 Å². The first kappa shape index (κ1) is 18.1. The highest BCUT2D eigenvalue weighted by Gasteiger charge is 2.14. The second kappa shape index (κ2) is 8.15. The normalized spacial score (nSPS) is 12.7. The summed E-state index contributed by atoms with van der Waals surface area (Å²) in [5.74, 6) is 0.356. The Hall–Kier alpha value is -2.66. The molecule has 0 aliphatic heterocycles. The smallest absolute Gasteiger partial charge is 0.280 e. The van der Waals surface area contributed by atoms with Gasteiger partial charge >= 0.3 is 0 Å². The van der Waals surface area contributed by atoms with Crippen LogP contribution in [0.15, 0.2) is 76.3 Å². The lowest BCUT2D eigenvalue weighted by molar-refractivity contribution is -0.127. The van der Waals surface area contributed by atoms with Gasteiger partial charge in [-0.05, 0) is 54.4 Å². The Bertz CT molecular complexity index is 952. The number of amides is 1. The molecule has 1 atom stereocenters. The van der Waals surface area contributed by atoms with E-state index in [1.54, 1.807) is 6.92 Å². The number of nitrogens with zero attached hydrogens (tertiary/aromatic N) is 1. The average molecular weight is 411 g/mol. The third-order valence-corrected chi connectivity index (χ3v) is 4.53. The SMILES string of the molecule is CC(=NNC(=O)[C@H](C)Oc1ccc2ccccc2c1)c1ccc(Br)cc1. The van der Waals surface area contributed by atoms with Crippen molar-refractivity contribution in [2.45, 2.75) is 20.0 Å². The molecule has 0 aromatic heterocycles. The molecule has 4 nitrogen and oxygen atoms in total. The minimum Gasteiger partial charge on any atom is -0.481 e. The number of hydrogen-bond acceptors (Lipinski definition) is 3. The van der Waals surface area contributed by atoms with Gasteiger partial charge in [0.1, 0.15) is 5.75 Å². The van der Waals surface area contributed by atoms with Crippen molar-refractivity contribution < 1.29 is 9.53 Å². The summed E-state index contributed by atoms with van der Waals surface area (Å²) in [6.07, 6.45) is -0.655. The largest absolute Gasteiger partial charge is 0.481 e. The topological polar surface area (TPSA) is 50.7 Å². The number of fused-ring (bicyclic) bond motifs is 1. The summed E-state index contributed by atoms with van der Waals surface area (Å²) in [5.41, 5.74) is 4.23. The third kappa shape index (κ3) is 4.49. The summed E-state index contributed by atoms with van der Waals surface area (Å²) in [4.78, 5) is 12.3. The van der Waals surface area contributed by atoms with Crippen LogP contribution in [0, 0.1) is 0 Å². The van der Waals surface area contributed by atoms with E-state index in [-0.39, 0.29) is 5.91 Å². The zero-order valence-corrected chi connectivity index (χ0v) is 16.2. The zero-order valence-electron chi connectivity index (χ0n) is 14.6. The van der Waals surface area contributed by atoms with Gasteiger partial charge in [0.2, 0.25) is 0 Å². The maximum absolute atomic E-state index is 12.3. The van der Waals surface area contributed by atoms with E-state index < -0.39 is 6.10 Å². The summed E-state index contributed by atoms with van der Waals surface area (Å²) < 4.78 is 6.75. The standard InChI is InChI=1S/C21H19BrN2O2/c1-14(16-7-10-19(22)11-8-16)23-24-21(25)15(2)26-20-12-9-17-5-3-4-6-18(17)13-20/h3-13,15H,1-2H3,(H,24,25)/t15-/m0/s1. The molecule has 5 heteroatoms. The first-order chi connectivity index (χ1) is 12.5. The maximum atomic E-state index is 12.3. The quantitative estimate of drug-likeness (QED) is 0.479. The summed E-state index contributed by atoms with van der Waals surface area (Å²) >= 11 is 3.40. The summed E-state index contributed by atoms with van der Waals surface area (Å²) in [7, 11) is 0. The minimum atomic E-state index is -0.655. The van der Waals surface area contributed by atoms with E-state index in [1.165, 1.54) is 0 Å². The van der Waals surface area contributed by atoms with Crippen molar-refractivity contribution >= 4 is 38.3 Å². The van der Waals surface area contributed by atoms with Gasteiger partial charge < -0.3 is 4.74 Å². The lowest BCUT2D eigenvalue weighted by Crippen LogP contribution is -2.33. The average Bonchev–Trinajstić information content (AvgIpc) is 2.66. The number of hydrazone groups is 1. The number of rotatable bonds is 5. The van der Waals surface area contributed by atoms with E-state index in [4.69, 9.17) is 4.74 Å². The molecule has 0 saturated carbocycles. The first-order valence-corrected chi connectivity index (χ1v) is 9.08. The number of benzene rings is 3. The molecule has 3 rings (SSSR count). The fourth-order valence-electron chi connectivity index (χ4n) is 2.48. The number of ether oxygens (including phenoxy) is 1. The second-order valence-electron chi connectivity index (χ2n) is 5.95. The third-order valence-electron chi connectivity index (χ3n) is 4.00. The Labute approximate surface area is 161 Å². The van der Waals surface area contributed by atoms with Crippen molar-refractivity contribution in [1.29, 1.82) is 0 Å². The Morgan fingerprint density at radius 3 is 2.46 bits per heavy atom. The molecule has 0 bridgehead atoms. The fraction of sp³-hybridized carbons (Fsp3) is 0.143. The van der Waals surface area contributed by atoms with Crippen LogP contribution in [0.4, 0.5) is 0 Å². The highest BCUT2D eigenvalue weighted by molar-refractivity contribution is 9.10. The molecular weight excluding hydrogens is 392 g/mol. The Kier molecular flexibility index (Phi) is 5.68. The van der Waals surface area contributed by atoms with Crippen LogP contribution in [-0.4, -0.2) is 17.7 Å². The highest BCUT2D eigenvalue weighted by atomic mass is 79.9. The van der Waals surface area contributed by atoms with E-state index in [1.807, 2.05) is 73.7 Å². The van der Waals surface area contributed by atoms with Crippen LogP contribution in [0.5, 0.6) is 5.75 Å². The molecule has 26 heavy (non-hydrogen) atoms. The molecule has 0 spiro atoms. The molecule has 0 fully saturated rings. The Morgan fingerprint density at radius 2 is 1.73 bits per heavy atom. The molecule has 1 N–H and O–H groups in total. The maximum Gasteiger partial charge on any atom is 0.280 e. The molecule has 3 aromatic carbocycles. The van der Waals surface area contributed by atoms with Crippen LogP contribution in [0.2, 0.25) is 0 Å². The molecule has 0 heterocycles. The number of hydrogen-bond donors (Lipinski definition) is 1. The van der Waals surface area contributed by atoms with Gasteiger partial charge in [-0.25, -0.2) is 5.43 Å². The number of carbonyl (C=O) groups is 1. The second-order valence-corrected chi connectivity index (χ2v) is 6.86. The van der Waals surface area contributed by atoms with Crippen molar-refractivity contribution in [3.63, 3.8) is 0 Å². The monoisotopic (exact) mass is 410 g/mol.